The van der Waals surface area contributed by atoms with E-state index < -0.39 is 0 Å². The van der Waals surface area contributed by atoms with Crippen molar-refractivity contribution in [2.24, 2.45) is 0 Å². The molecule has 0 bridgehead atoms. The van der Waals surface area contributed by atoms with Crippen molar-refractivity contribution >= 4 is 28.0 Å². The second kappa shape index (κ2) is 9.01. The molecular formula is C24H23N3O3S. The van der Waals surface area contributed by atoms with Crippen LogP contribution in [0.2, 0.25) is 0 Å². The summed E-state index contributed by atoms with van der Waals surface area (Å²) in [6, 6.07) is 20.2. The quantitative estimate of drug-likeness (QED) is 0.489. The predicted molar refractivity (Wildman–Crippen MR) is 121 cm³/mol. The molecule has 6 nitrogen and oxygen atoms in total. The van der Waals surface area contributed by atoms with Crippen LogP contribution in [-0.4, -0.2) is 48.8 Å². The molecule has 2 aromatic carbocycles. The number of hydrogen-bond donors (Lipinski definition) is 1. The van der Waals surface area contributed by atoms with Crippen molar-refractivity contribution in [2.45, 2.75) is 6.04 Å². The molecule has 3 heterocycles. The Morgan fingerprint density at radius 2 is 1.90 bits per heavy atom. The maximum Gasteiger partial charge on any atom is 0.273 e. The van der Waals surface area contributed by atoms with Crippen molar-refractivity contribution < 1.29 is 14.1 Å². The van der Waals surface area contributed by atoms with E-state index in [4.69, 9.17) is 9.26 Å². The van der Waals surface area contributed by atoms with Gasteiger partial charge in [0.15, 0.2) is 11.5 Å². The number of thiophene rings is 1. The van der Waals surface area contributed by atoms with Crippen LogP contribution in [0.4, 0.5) is 0 Å². The number of amides is 1. The van der Waals surface area contributed by atoms with E-state index in [1.54, 1.807) is 17.4 Å². The van der Waals surface area contributed by atoms with Gasteiger partial charge in [-0.05, 0) is 28.3 Å². The number of carbonyl (C=O) groups is 1. The first-order valence-corrected chi connectivity index (χ1v) is 11.3. The summed E-state index contributed by atoms with van der Waals surface area (Å²) in [5.74, 6) is 0.351. The van der Waals surface area contributed by atoms with Crippen molar-refractivity contribution in [3.05, 3.63) is 76.6 Å². The lowest BCUT2D eigenvalue weighted by atomic mass is 10.1. The fraction of sp³-hybridized carbons (Fsp3) is 0.250. The van der Waals surface area contributed by atoms with Gasteiger partial charge in [0.25, 0.3) is 5.91 Å². The minimum absolute atomic E-state index is 0.125. The molecule has 1 unspecified atom stereocenters. The molecule has 2 aromatic heterocycles. The fourth-order valence-corrected chi connectivity index (χ4v) is 4.78. The second-order valence-corrected chi connectivity index (χ2v) is 8.51. The Kier molecular flexibility index (Phi) is 5.80. The molecule has 1 amide bonds. The minimum Gasteiger partial charge on any atom is -0.379 e. The Labute approximate surface area is 184 Å². The number of carbonyl (C=O) groups excluding carboxylic acids is 1. The van der Waals surface area contributed by atoms with E-state index in [-0.39, 0.29) is 17.6 Å². The zero-order valence-corrected chi connectivity index (χ0v) is 17.8. The maximum absolute atomic E-state index is 12.8. The predicted octanol–water partition coefficient (Wildman–Crippen LogP) is 4.36. The molecule has 1 atom stereocenters. The summed E-state index contributed by atoms with van der Waals surface area (Å²) in [5.41, 5.74) is 1.19. The Bertz CT molecular complexity index is 1170. The van der Waals surface area contributed by atoms with Gasteiger partial charge in [-0.2, -0.15) is 0 Å². The molecule has 0 spiro atoms. The molecule has 0 aliphatic carbocycles. The highest BCUT2D eigenvalue weighted by Gasteiger charge is 2.24. The van der Waals surface area contributed by atoms with E-state index in [1.807, 2.05) is 36.4 Å². The van der Waals surface area contributed by atoms with Crippen LogP contribution in [0.5, 0.6) is 0 Å². The Morgan fingerprint density at radius 1 is 1.06 bits per heavy atom. The Balaban J connectivity index is 1.29. The highest BCUT2D eigenvalue weighted by molar-refractivity contribution is 7.10. The van der Waals surface area contributed by atoms with E-state index in [2.05, 4.69) is 39.0 Å². The third-order valence-electron chi connectivity index (χ3n) is 5.59. The highest BCUT2D eigenvalue weighted by atomic mass is 32.1. The zero-order chi connectivity index (χ0) is 21.0. The molecule has 7 heteroatoms. The molecule has 158 valence electrons. The summed E-state index contributed by atoms with van der Waals surface area (Å²) in [6.07, 6.45) is 0. The van der Waals surface area contributed by atoms with Crippen molar-refractivity contribution in [1.29, 1.82) is 0 Å². The van der Waals surface area contributed by atoms with E-state index in [9.17, 15) is 4.79 Å². The van der Waals surface area contributed by atoms with Crippen LogP contribution in [-0.2, 0) is 4.74 Å². The highest BCUT2D eigenvalue weighted by Crippen LogP contribution is 2.27. The van der Waals surface area contributed by atoms with Gasteiger partial charge in [0.2, 0.25) is 0 Å². The zero-order valence-electron chi connectivity index (χ0n) is 17.0. The number of aromatic nitrogens is 1. The molecule has 1 fully saturated rings. The standard InChI is InChI=1S/C24H23N3O3S/c28-24(25-16-21(23-6-3-13-31-23)27-9-11-29-12-10-27)20-15-22(30-26-20)19-8-7-17-4-1-2-5-18(17)14-19/h1-8,13-15,21H,9-12,16H2,(H,25,28). The third kappa shape index (κ3) is 4.39. The van der Waals surface area contributed by atoms with E-state index in [1.165, 1.54) is 4.88 Å². The fourth-order valence-electron chi connectivity index (χ4n) is 3.92. The number of nitrogens with one attached hydrogen (secondary N) is 1. The van der Waals surface area contributed by atoms with Crippen LogP contribution in [0.15, 0.2) is 70.6 Å². The number of hydrogen-bond acceptors (Lipinski definition) is 6. The molecular weight excluding hydrogens is 410 g/mol. The normalized spacial score (nSPS) is 15.7. The summed E-state index contributed by atoms with van der Waals surface area (Å²) in [6.45, 7) is 3.66. The van der Waals surface area contributed by atoms with Gasteiger partial charge in [0, 0.05) is 36.1 Å². The van der Waals surface area contributed by atoms with Gasteiger partial charge >= 0.3 is 0 Å². The maximum atomic E-state index is 12.8. The van der Waals surface area contributed by atoms with Gasteiger partial charge in [-0.15, -0.1) is 11.3 Å². The van der Waals surface area contributed by atoms with Gasteiger partial charge < -0.3 is 14.6 Å². The lowest BCUT2D eigenvalue weighted by Gasteiger charge is -2.34. The Morgan fingerprint density at radius 3 is 2.71 bits per heavy atom. The smallest absolute Gasteiger partial charge is 0.273 e. The summed E-state index contributed by atoms with van der Waals surface area (Å²) >= 11 is 1.71. The van der Waals surface area contributed by atoms with Crippen LogP contribution in [0.1, 0.15) is 21.4 Å². The third-order valence-corrected chi connectivity index (χ3v) is 6.56. The SMILES string of the molecule is O=C(NCC(c1cccs1)N1CCOCC1)c1cc(-c2ccc3ccccc3c2)on1. The number of fused-ring (bicyclic) bond motifs is 1. The van der Waals surface area contributed by atoms with Gasteiger partial charge in [-0.3, -0.25) is 9.69 Å². The topological polar surface area (TPSA) is 67.6 Å². The minimum atomic E-state index is -0.231. The van der Waals surface area contributed by atoms with Crippen LogP contribution < -0.4 is 5.32 Å². The van der Waals surface area contributed by atoms with Gasteiger partial charge in [-0.1, -0.05) is 47.6 Å². The van der Waals surface area contributed by atoms with Crippen LogP contribution in [0, 0.1) is 0 Å². The van der Waals surface area contributed by atoms with Crippen LogP contribution >= 0.6 is 11.3 Å². The summed E-state index contributed by atoms with van der Waals surface area (Å²) in [5, 5.41) is 11.4. The first-order chi connectivity index (χ1) is 15.3. The monoisotopic (exact) mass is 433 g/mol. The average Bonchev–Trinajstić information content (AvgIpc) is 3.52. The lowest BCUT2D eigenvalue weighted by molar-refractivity contribution is 0.0169. The molecule has 1 N–H and O–H groups in total. The number of benzene rings is 2. The van der Waals surface area contributed by atoms with Gasteiger partial charge in [0.05, 0.1) is 19.3 Å². The number of nitrogens with zero attached hydrogens (tertiary/aromatic N) is 2. The molecule has 1 aliphatic rings. The largest absolute Gasteiger partial charge is 0.379 e. The summed E-state index contributed by atoms with van der Waals surface area (Å²) in [4.78, 5) is 16.4. The van der Waals surface area contributed by atoms with Crippen molar-refractivity contribution in [2.75, 3.05) is 32.8 Å². The summed E-state index contributed by atoms with van der Waals surface area (Å²) < 4.78 is 11.0. The van der Waals surface area contributed by atoms with E-state index in [0.29, 0.717) is 25.5 Å². The van der Waals surface area contributed by atoms with Crippen LogP contribution in [0.3, 0.4) is 0 Å². The number of rotatable bonds is 6. The molecule has 31 heavy (non-hydrogen) atoms. The average molecular weight is 434 g/mol. The summed E-state index contributed by atoms with van der Waals surface area (Å²) in [7, 11) is 0. The first-order valence-electron chi connectivity index (χ1n) is 10.4. The molecule has 1 aliphatic heterocycles. The van der Waals surface area contributed by atoms with Crippen molar-refractivity contribution in [1.82, 2.24) is 15.4 Å². The van der Waals surface area contributed by atoms with Crippen LogP contribution in [0.25, 0.3) is 22.1 Å². The van der Waals surface area contributed by atoms with E-state index >= 15 is 0 Å². The van der Waals surface area contributed by atoms with Crippen molar-refractivity contribution in [3.63, 3.8) is 0 Å². The molecule has 0 saturated carbocycles. The molecule has 5 rings (SSSR count). The second-order valence-electron chi connectivity index (χ2n) is 7.53. The Hall–Kier alpha value is -3.00. The first kappa shape index (κ1) is 19.9. The number of ether oxygens (including phenoxy) is 1. The molecule has 0 radical (unpaired) electrons. The lowest BCUT2D eigenvalue weighted by Crippen LogP contribution is -2.43. The van der Waals surface area contributed by atoms with Crippen molar-refractivity contribution in [3.8, 4) is 11.3 Å². The molecule has 1 saturated heterocycles. The molecule has 4 aromatic rings. The van der Waals surface area contributed by atoms with Gasteiger partial charge in [0.1, 0.15) is 0 Å². The van der Waals surface area contributed by atoms with E-state index in [0.717, 1.165) is 29.4 Å². The number of morpholine rings is 1. The van der Waals surface area contributed by atoms with Gasteiger partial charge in [-0.25, -0.2) is 0 Å².